The van der Waals surface area contributed by atoms with E-state index < -0.39 is 5.97 Å². The number of carbonyl (C=O) groups is 2. The standard InChI is InChI=1S/C18H32N2O3/c1-2-3-4-14-5-7-15(8-6-14)17(21)19-13-20-11-9-16(10-12-20)18(22)23/h14-16H,2-13H2,1H3,(H,19,21)(H,22,23). The Kier molecular flexibility index (Phi) is 7.34. The molecular formula is C18H32N2O3. The van der Waals surface area contributed by atoms with Crippen molar-refractivity contribution in [3.05, 3.63) is 0 Å². The molecule has 0 aromatic heterocycles. The highest BCUT2D eigenvalue weighted by molar-refractivity contribution is 5.78. The average molecular weight is 324 g/mol. The molecule has 2 fully saturated rings. The van der Waals surface area contributed by atoms with Gasteiger partial charge in [0.05, 0.1) is 12.6 Å². The molecule has 5 nitrogen and oxygen atoms in total. The Morgan fingerprint density at radius 1 is 1.04 bits per heavy atom. The molecule has 0 atom stereocenters. The Balaban J connectivity index is 1.61. The molecule has 0 spiro atoms. The van der Waals surface area contributed by atoms with Gasteiger partial charge in [0.2, 0.25) is 5.91 Å². The number of piperidine rings is 1. The fourth-order valence-corrected chi connectivity index (χ4v) is 3.88. The van der Waals surface area contributed by atoms with E-state index in [2.05, 4.69) is 17.1 Å². The van der Waals surface area contributed by atoms with Crippen molar-refractivity contribution in [2.75, 3.05) is 19.8 Å². The molecule has 23 heavy (non-hydrogen) atoms. The van der Waals surface area contributed by atoms with Crippen molar-refractivity contribution in [2.45, 2.75) is 64.7 Å². The summed E-state index contributed by atoms with van der Waals surface area (Å²) in [5.74, 6) is 0.312. The Hall–Kier alpha value is -1.10. The monoisotopic (exact) mass is 324 g/mol. The predicted octanol–water partition coefficient (Wildman–Crippen LogP) is 2.85. The molecule has 1 heterocycles. The van der Waals surface area contributed by atoms with Gasteiger partial charge in [-0.05, 0) is 44.4 Å². The maximum atomic E-state index is 12.3. The Morgan fingerprint density at radius 2 is 1.70 bits per heavy atom. The largest absolute Gasteiger partial charge is 0.481 e. The van der Waals surface area contributed by atoms with Crippen LogP contribution < -0.4 is 5.32 Å². The van der Waals surface area contributed by atoms with Crippen LogP contribution in [-0.4, -0.2) is 41.6 Å². The summed E-state index contributed by atoms with van der Waals surface area (Å²) in [7, 11) is 0. The minimum Gasteiger partial charge on any atom is -0.481 e. The second-order valence-electron chi connectivity index (χ2n) is 7.29. The lowest BCUT2D eigenvalue weighted by molar-refractivity contribution is -0.143. The minimum absolute atomic E-state index is 0.185. The summed E-state index contributed by atoms with van der Waals surface area (Å²) >= 11 is 0. The highest BCUT2D eigenvalue weighted by atomic mass is 16.4. The first-order valence-electron chi connectivity index (χ1n) is 9.33. The number of nitrogens with one attached hydrogen (secondary N) is 1. The molecule has 0 radical (unpaired) electrons. The first-order valence-corrected chi connectivity index (χ1v) is 9.33. The lowest BCUT2D eigenvalue weighted by Crippen LogP contribution is -2.45. The number of carboxylic acids is 1. The molecule has 0 bridgehead atoms. The maximum Gasteiger partial charge on any atom is 0.306 e. The fraction of sp³-hybridized carbons (Fsp3) is 0.889. The fourth-order valence-electron chi connectivity index (χ4n) is 3.88. The van der Waals surface area contributed by atoms with E-state index in [0.29, 0.717) is 19.5 Å². The summed E-state index contributed by atoms with van der Waals surface area (Å²) in [4.78, 5) is 25.4. The van der Waals surface area contributed by atoms with Gasteiger partial charge in [0, 0.05) is 19.0 Å². The van der Waals surface area contributed by atoms with Crippen LogP contribution in [0.3, 0.4) is 0 Å². The number of likely N-dealkylation sites (tertiary alicyclic amines) is 1. The number of hydrogen-bond donors (Lipinski definition) is 2. The van der Waals surface area contributed by atoms with Gasteiger partial charge in [-0.2, -0.15) is 0 Å². The van der Waals surface area contributed by atoms with E-state index in [1.807, 2.05) is 0 Å². The van der Waals surface area contributed by atoms with Crippen LogP contribution in [0, 0.1) is 17.8 Å². The van der Waals surface area contributed by atoms with Crippen LogP contribution in [0.2, 0.25) is 0 Å². The quantitative estimate of drug-likeness (QED) is 0.755. The summed E-state index contributed by atoms with van der Waals surface area (Å²) in [6.07, 6.45) is 9.73. The number of aliphatic carboxylic acids is 1. The van der Waals surface area contributed by atoms with Crippen LogP contribution in [0.15, 0.2) is 0 Å². The van der Waals surface area contributed by atoms with Crippen molar-refractivity contribution in [3.8, 4) is 0 Å². The smallest absolute Gasteiger partial charge is 0.306 e. The molecule has 1 aliphatic heterocycles. The number of rotatable bonds is 7. The van der Waals surface area contributed by atoms with Gasteiger partial charge in [-0.1, -0.05) is 26.2 Å². The van der Waals surface area contributed by atoms with Gasteiger partial charge in [0.1, 0.15) is 0 Å². The SMILES string of the molecule is CCCCC1CCC(C(=O)NCN2CCC(C(=O)O)CC2)CC1. The van der Waals surface area contributed by atoms with E-state index in [0.717, 1.165) is 31.8 Å². The van der Waals surface area contributed by atoms with Crippen molar-refractivity contribution in [1.82, 2.24) is 10.2 Å². The van der Waals surface area contributed by atoms with Crippen LogP contribution in [0.5, 0.6) is 0 Å². The normalized spacial score (nSPS) is 26.8. The molecule has 2 rings (SSSR count). The topological polar surface area (TPSA) is 69.6 Å². The number of amides is 1. The van der Waals surface area contributed by atoms with E-state index in [-0.39, 0.29) is 17.7 Å². The molecule has 0 aromatic carbocycles. The van der Waals surface area contributed by atoms with E-state index in [1.165, 1.54) is 32.1 Å². The molecule has 0 unspecified atom stereocenters. The van der Waals surface area contributed by atoms with Crippen molar-refractivity contribution >= 4 is 11.9 Å². The zero-order chi connectivity index (χ0) is 16.7. The van der Waals surface area contributed by atoms with Crippen LogP contribution in [0.1, 0.15) is 64.7 Å². The van der Waals surface area contributed by atoms with Crippen LogP contribution in [0.25, 0.3) is 0 Å². The van der Waals surface area contributed by atoms with Gasteiger partial charge < -0.3 is 10.4 Å². The lowest BCUT2D eigenvalue weighted by Gasteiger charge is -2.31. The van der Waals surface area contributed by atoms with Crippen molar-refractivity contribution in [1.29, 1.82) is 0 Å². The summed E-state index contributed by atoms with van der Waals surface area (Å²) in [5.41, 5.74) is 0. The molecule has 2 N–H and O–H groups in total. The van der Waals surface area contributed by atoms with Gasteiger partial charge in [0.15, 0.2) is 0 Å². The van der Waals surface area contributed by atoms with Crippen molar-refractivity contribution in [2.24, 2.45) is 17.8 Å². The molecule has 132 valence electrons. The van der Waals surface area contributed by atoms with Crippen LogP contribution in [0.4, 0.5) is 0 Å². The highest BCUT2D eigenvalue weighted by Crippen LogP contribution is 2.32. The maximum absolute atomic E-state index is 12.3. The first-order chi connectivity index (χ1) is 11.1. The zero-order valence-electron chi connectivity index (χ0n) is 14.4. The van der Waals surface area contributed by atoms with Crippen LogP contribution >= 0.6 is 0 Å². The molecule has 1 amide bonds. The number of nitrogens with zero attached hydrogens (tertiary/aromatic N) is 1. The Morgan fingerprint density at radius 3 is 2.26 bits per heavy atom. The Bertz CT molecular complexity index is 384. The van der Waals surface area contributed by atoms with Gasteiger partial charge in [-0.15, -0.1) is 0 Å². The third kappa shape index (κ3) is 5.79. The second-order valence-corrected chi connectivity index (χ2v) is 7.29. The number of hydrogen-bond acceptors (Lipinski definition) is 3. The lowest BCUT2D eigenvalue weighted by atomic mass is 9.79. The molecule has 2 aliphatic rings. The van der Waals surface area contributed by atoms with E-state index in [9.17, 15) is 9.59 Å². The zero-order valence-corrected chi connectivity index (χ0v) is 14.4. The van der Waals surface area contributed by atoms with Gasteiger partial charge >= 0.3 is 5.97 Å². The molecule has 1 saturated carbocycles. The Labute approximate surface area is 139 Å². The molecule has 1 saturated heterocycles. The number of carbonyl (C=O) groups excluding carboxylic acids is 1. The second kappa shape index (κ2) is 9.26. The van der Waals surface area contributed by atoms with Crippen molar-refractivity contribution < 1.29 is 14.7 Å². The van der Waals surface area contributed by atoms with Gasteiger partial charge in [-0.25, -0.2) is 0 Å². The first kappa shape index (κ1) is 18.2. The van der Waals surface area contributed by atoms with Crippen molar-refractivity contribution in [3.63, 3.8) is 0 Å². The molecule has 5 heteroatoms. The summed E-state index contributed by atoms with van der Waals surface area (Å²) in [6.45, 7) is 4.33. The van der Waals surface area contributed by atoms with E-state index >= 15 is 0 Å². The van der Waals surface area contributed by atoms with Gasteiger partial charge in [0.25, 0.3) is 0 Å². The summed E-state index contributed by atoms with van der Waals surface area (Å²) < 4.78 is 0. The van der Waals surface area contributed by atoms with Gasteiger partial charge in [-0.3, -0.25) is 14.5 Å². The molecule has 1 aliphatic carbocycles. The predicted molar refractivity (Wildman–Crippen MR) is 89.9 cm³/mol. The summed E-state index contributed by atoms with van der Waals surface area (Å²) in [5, 5.41) is 12.1. The van der Waals surface area contributed by atoms with E-state index in [1.54, 1.807) is 0 Å². The van der Waals surface area contributed by atoms with E-state index in [4.69, 9.17) is 5.11 Å². The van der Waals surface area contributed by atoms with Crippen LogP contribution in [-0.2, 0) is 9.59 Å². The number of unbranched alkanes of at least 4 members (excludes halogenated alkanes) is 1. The average Bonchev–Trinajstić information content (AvgIpc) is 2.58. The third-order valence-electron chi connectivity index (χ3n) is 5.60. The molecular weight excluding hydrogens is 292 g/mol. The third-order valence-corrected chi connectivity index (χ3v) is 5.60. The minimum atomic E-state index is -0.687. The summed E-state index contributed by atoms with van der Waals surface area (Å²) in [6, 6.07) is 0. The molecule has 0 aromatic rings. The number of carboxylic acid groups (broad SMARTS) is 1. The highest BCUT2D eigenvalue weighted by Gasteiger charge is 2.27.